The Morgan fingerprint density at radius 3 is 2.38 bits per heavy atom. The molecule has 0 saturated heterocycles. The number of hydrogen-bond donors (Lipinski definition) is 0. The van der Waals surface area contributed by atoms with E-state index >= 15 is 0 Å². The molecule has 0 aliphatic heterocycles. The highest BCUT2D eigenvalue weighted by Gasteiger charge is 2.08. The summed E-state index contributed by atoms with van der Waals surface area (Å²) in [5.41, 5.74) is 0. The Bertz CT molecular complexity index is 213. The summed E-state index contributed by atoms with van der Waals surface area (Å²) >= 11 is 0. The van der Waals surface area contributed by atoms with Crippen molar-refractivity contribution in [3.63, 3.8) is 0 Å². The van der Waals surface area contributed by atoms with E-state index in [1.54, 1.807) is 6.92 Å². The fourth-order valence-corrected chi connectivity index (χ4v) is 1.30. The average molecular weight is 230 g/mol. The molecular weight excluding hydrogens is 208 g/mol. The lowest BCUT2D eigenvalue weighted by atomic mass is 10.0. The molecule has 0 rings (SSSR count). The van der Waals surface area contributed by atoms with Crippen LogP contribution in [0, 0.1) is 5.92 Å². The van der Waals surface area contributed by atoms with E-state index in [-0.39, 0.29) is 11.9 Å². The first kappa shape index (κ1) is 14.9. The van der Waals surface area contributed by atoms with Crippen molar-refractivity contribution in [1.29, 1.82) is 0 Å². The highest BCUT2D eigenvalue weighted by atomic mass is 16.5. The van der Waals surface area contributed by atoms with Gasteiger partial charge in [0.1, 0.15) is 0 Å². The predicted octanol–water partition coefficient (Wildman–Crippen LogP) is 2.31. The second-order valence-electron chi connectivity index (χ2n) is 3.79. The molecule has 0 fully saturated rings. The van der Waals surface area contributed by atoms with Gasteiger partial charge in [-0.15, -0.1) is 0 Å². The van der Waals surface area contributed by atoms with Gasteiger partial charge in [-0.25, -0.2) is 0 Å². The van der Waals surface area contributed by atoms with E-state index in [1.165, 1.54) is 6.92 Å². The molecule has 0 aromatic carbocycles. The van der Waals surface area contributed by atoms with Crippen LogP contribution in [0.2, 0.25) is 0 Å². The molecule has 16 heavy (non-hydrogen) atoms. The van der Waals surface area contributed by atoms with Gasteiger partial charge in [0.15, 0.2) is 0 Å². The maximum Gasteiger partial charge on any atom is 0.305 e. The normalized spacial score (nSPS) is 11.9. The molecule has 0 aromatic rings. The lowest BCUT2D eigenvalue weighted by Gasteiger charge is -2.14. The second kappa shape index (κ2) is 9.19. The van der Waals surface area contributed by atoms with Crippen LogP contribution in [0.25, 0.3) is 0 Å². The fourth-order valence-electron chi connectivity index (χ4n) is 1.30. The van der Waals surface area contributed by atoms with Gasteiger partial charge in [-0.3, -0.25) is 9.59 Å². The van der Waals surface area contributed by atoms with Crippen LogP contribution in [0.15, 0.2) is 0 Å². The van der Waals surface area contributed by atoms with Crippen LogP contribution < -0.4 is 0 Å². The SMILES string of the molecule is CCC(=O)OCCCC(CC)COC(C)=O. The van der Waals surface area contributed by atoms with Crippen molar-refractivity contribution in [2.45, 2.75) is 46.5 Å². The molecule has 0 aromatic heterocycles. The number of rotatable bonds is 8. The van der Waals surface area contributed by atoms with Crippen LogP contribution in [0.1, 0.15) is 46.5 Å². The Hall–Kier alpha value is -1.06. The molecular formula is C12H22O4. The zero-order valence-electron chi connectivity index (χ0n) is 10.5. The van der Waals surface area contributed by atoms with Crippen molar-refractivity contribution in [2.24, 2.45) is 5.92 Å². The van der Waals surface area contributed by atoms with Gasteiger partial charge in [0.05, 0.1) is 13.2 Å². The molecule has 0 saturated carbocycles. The smallest absolute Gasteiger partial charge is 0.305 e. The predicted molar refractivity (Wildman–Crippen MR) is 60.9 cm³/mol. The van der Waals surface area contributed by atoms with Crippen molar-refractivity contribution in [3.05, 3.63) is 0 Å². The Morgan fingerprint density at radius 1 is 1.19 bits per heavy atom. The summed E-state index contributed by atoms with van der Waals surface area (Å²) in [5.74, 6) is -0.0341. The number of carbonyl (C=O) groups excluding carboxylic acids is 2. The van der Waals surface area contributed by atoms with E-state index in [9.17, 15) is 9.59 Å². The minimum atomic E-state index is -0.240. The third-order valence-corrected chi connectivity index (χ3v) is 2.41. The summed E-state index contributed by atoms with van der Waals surface area (Å²) in [6, 6.07) is 0. The van der Waals surface area contributed by atoms with Crippen molar-refractivity contribution in [1.82, 2.24) is 0 Å². The quantitative estimate of drug-likeness (QED) is 0.474. The number of carbonyl (C=O) groups is 2. The van der Waals surface area contributed by atoms with Crippen molar-refractivity contribution in [2.75, 3.05) is 13.2 Å². The highest BCUT2D eigenvalue weighted by molar-refractivity contribution is 5.68. The zero-order valence-corrected chi connectivity index (χ0v) is 10.5. The van der Waals surface area contributed by atoms with Gasteiger partial charge in [-0.2, -0.15) is 0 Å². The van der Waals surface area contributed by atoms with E-state index in [2.05, 4.69) is 6.92 Å². The molecule has 0 aliphatic carbocycles. The topological polar surface area (TPSA) is 52.6 Å². The van der Waals surface area contributed by atoms with Gasteiger partial charge in [0.2, 0.25) is 0 Å². The third-order valence-electron chi connectivity index (χ3n) is 2.41. The second-order valence-corrected chi connectivity index (χ2v) is 3.79. The Balaban J connectivity index is 3.55. The monoisotopic (exact) mass is 230 g/mol. The van der Waals surface area contributed by atoms with Gasteiger partial charge in [-0.05, 0) is 18.8 Å². The molecule has 1 atom stereocenters. The lowest BCUT2D eigenvalue weighted by molar-refractivity contribution is -0.143. The largest absolute Gasteiger partial charge is 0.466 e. The molecule has 4 nitrogen and oxygen atoms in total. The van der Waals surface area contributed by atoms with Crippen molar-refractivity contribution in [3.8, 4) is 0 Å². The molecule has 4 heteroatoms. The van der Waals surface area contributed by atoms with E-state index in [0.29, 0.717) is 25.6 Å². The van der Waals surface area contributed by atoms with E-state index in [0.717, 1.165) is 19.3 Å². The van der Waals surface area contributed by atoms with Crippen molar-refractivity contribution >= 4 is 11.9 Å². The molecule has 0 aliphatic rings. The summed E-state index contributed by atoms with van der Waals surface area (Å²) in [6.45, 7) is 6.18. The number of ether oxygens (including phenoxy) is 2. The van der Waals surface area contributed by atoms with Gasteiger partial charge < -0.3 is 9.47 Å². The van der Waals surface area contributed by atoms with E-state index in [1.807, 2.05) is 0 Å². The molecule has 0 bridgehead atoms. The number of esters is 2. The van der Waals surface area contributed by atoms with E-state index < -0.39 is 0 Å². The van der Waals surface area contributed by atoms with Gasteiger partial charge in [0.25, 0.3) is 0 Å². The molecule has 0 radical (unpaired) electrons. The van der Waals surface area contributed by atoms with Crippen LogP contribution in [0.5, 0.6) is 0 Å². The third kappa shape index (κ3) is 8.26. The maximum absolute atomic E-state index is 10.8. The molecule has 0 N–H and O–H groups in total. The molecule has 94 valence electrons. The van der Waals surface area contributed by atoms with Gasteiger partial charge in [0, 0.05) is 13.3 Å². The first-order valence-corrected chi connectivity index (χ1v) is 5.89. The minimum Gasteiger partial charge on any atom is -0.466 e. The minimum absolute atomic E-state index is 0.159. The van der Waals surface area contributed by atoms with Crippen molar-refractivity contribution < 1.29 is 19.1 Å². The van der Waals surface area contributed by atoms with Gasteiger partial charge >= 0.3 is 11.9 Å². The number of hydrogen-bond acceptors (Lipinski definition) is 4. The Kier molecular flexibility index (Phi) is 8.58. The molecule has 0 amide bonds. The first-order chi connectivity index (χ1) is 7.60. The molecule has 0 heterocycles. The van der Waals surface area contributed by atoms with Crippen LogP contribution in [0.4, 0.5) is 0 Å². The van der Waals surface area contributed by atoms with Gasteiger partial charge in [-0.1, -0.05) is 20.3 Å². The molecule has 0 spiro atoms. The van der Waals surface area contributed by atoms with Crippen LogP contribution in [-0.4, -0.2) is 25.2 Å². The summed E-state index contributed by atoms with van der Waals surface area (Å²) in [4.78, 5) is 21.5. The zero-order chi connectivity index (χ0) is 12.4. The summed E-state index contributed by atoms with van der Waals surface area (Å²) in [6.07, 6.45) is 3.13. The standard InChI is InChI=1S/C12H22O4/c1-4-11(9-16-10(3)13)7-6-8-15-12(14)5-2/h11H,4-9H2,1-3H3. The fraction of sp³-hybridized carbons (Fsp3) is 0.833. The molecule has 1 unspecified atom stereocenters. The van der Waals surface area contributed by atoms with Crippen LogP contribution in [-0.2, 0) is 19.1 Å². The highest BCUT2D eigenvalue weighted by Crippen LogP contribution is 2.11. The Labute approximate surface area is 97.3 Å². The van der Waals surface area contributed by atoms with Crippen LogP contribution >= 0.6 is 0 Å². The van der Waals surface area contributed by atoms with E-state index in [4.69, 9.17) is 9.47 Å². The lowest BCUT2D eigenvalue weighted by Crippen LogP contribution is -2.13. The maximum atomic E-state index is 10.8. The summed E-state index contributed by atoms with van der Waals surface area (Å²) in [5, 5.41) is 0. The Morgan fingerprint density at radius 2 is 1.88 bits per heavy atom. The summed E-state index contributed by atoms with van der Waals surface area (Å²) < 4.78 is 9.91. The first-order valence-electron chi connectivity index (χ1n) is 5.89. The summed E-state index contributed by atoms with van der Waals surface area (Å²) in [7, 11) is 0. The average Bonchev–Trinajstić information content (AvgIpc) is 2.27. The van der Waals surface area contributed by atoms with Crippen LogP contribution in [0.3, 0.4) is 0 Å².